The minimum absolute atomic E-state index is 0.643. The molecular formula is C14H32N2. The van der Waals surface area contributed by atoms with E-state index in [-0.39, 0.29) is 0 Å². The number of likely N-dealkylation sites (N-methyl/N-ethyl adjacent to an activating group) is 1. The Bertz CT molecular complexity index is 159. The molecule has 3 unspecified atom stereocenters. The number of rotatable bonds is 9. The molecular weight excluding hydrogens is 196 g/mol. The molecule has 3 atom stereocenters. The minimum atomic E-state index is 0.643. The van der Waals surface area contributed by atoms with E-state index < -0.39 is 0 Å². The lowest BCUT2D eigenvalue weighted by Gasteiger charge is -2.31. The maximum atomic E-state index is 3.60. The van der Waals surface area contributed by atoms with E-state index >= 15 is 0 Å². The van der Waals surface area contributed by atoms with Crippen molar-refractivity contribution in [3.63, 3.8) is 0 Å². The van der Waals surface area contributed by atoms with Crippen molar-refractivity contribution in [2.45, 2.75) is 66.5 Å². The van der Waals surface area contributed by atoms with Crippen LogP contribution in [0.3, 0.4) is 0 Å². The minimum Gasteiger partial charge on any atom is -0.313 e. The molecule has 2 nitrogen and oxygen atoms in total. The van der Waals surface area contributed by atoms with Crippen LogP contribution in [0.5, 0.6) is 0 Å². The summed E-state index contributed by atoms with van der Waals surface area (Å²) in [5.74, 6) is 0.811. The Morgan fingerprint density at radius 1 is 1.00 bits per heavy atom. The van der Waals surface area contributed by atoms with Gasteiger partial charge in [-0.15, -0.1) is 0 Å². The topological polar surface area (TPSA) is 15.3 Å². The van der Waals surface area contributed by atoms with Crippen LogP contribution < -0.4 is 5.32 Å². The van der Waals surface area contributed by atoms with Gasteiger partial charge >= 0.3 is 0 Å². The summed E-state index contributed by atoms with van der Waals surface area (Å²) in [7, 11) is 0. The molecule has 0 rings (SSSR count). The van der Waals surface area contributed by atoms with Gasteiger partial charge < -0.3 is 5.32 Å². The molecule has 0 aromatic carbocycles. The lowest BCUT2D eigenvalue weighted by molar-refractivity contribution is 0.182. The lowest BCUT2D eigenvalue weighted by Crippen LogP contribution is -2.44. The van der Waals surface area contributed by atoms with Crippen molar-refractivity contribution in [3.8, 4) is 0 Å². The molecule has 16 heavy (non-hydrogen) atoms. The summed E-state index contributed by atoms with van der Waals surface area (Å²) in [5.41, 5.74) is 0. The van der Waals surface area contributed by atoms with E-state index in [9.17, 15) is 0 Å². The first kappa shape index (κ1) is 15.9. The second-order valence-electron chi connectivity index (χ2n) is 5.17. The maximum Gasteiger partial charge on any atom is 0.0192 e. The zero-order valence-electron chi connectivity index (χ0n) is 12.2. The molecule has 0 amide bonds. The van der Waals surface area contributed by atoms with Gasteiger partial charge in [-0.2, -0.15) is 0 Å². The highest BCUT2D eigenvalue weighted by molar-refractivity contribution is 4.72. The molecule has 0 saturated carbocycles. The fraction of sp³-hybridized carbons (Fsp3) is 1.00. The van der Waals surface area contributed by atoms with Crippen molar-refractivity contribution in [2.75, 3.05) is 19.6 Å². The van der Waals surface area contributed by atoms with E-state index in [0.29, 0.717) is 12.1 Å². The van der Waals surface area contributed by atoms with Crippen LogP contribution in [0.25, 0.3) is 0 Å². The van der Waals surface area contributed by atoms with Crippen molar-refractivity contribution >= 4 is 0 Å². The van der Waals surface area contributed by atoms with Crippen LogP contribution in [-0.4, -0.2) is 36.6 Å². The van der Waals surface area contributed by atoms with Crippen LogP contribution in [0.2, 0.25) is 0 Å². The van der Waals surface area contributed by atoms with Crippen molar-refractivity contribution in [1.29, 1.82) is 0 Å². The molecule has 0 fully saturated rings. The average Bonchev–Trinajstić information content (AvgIpc) is 2.31. The molecule has 0 aliphatic rings. The normalized spacial score (nSPS) is 17.4. The maximum absolute atomic E-state index is 3.60. The molecule has 0 radical (unpaired) electrons. The number of hydrogen-bond donors (Lipinski definition) is 1. The third-order valence-electron chi connectivity index (χ3n) is 3.65. The van der Waals surface area contributed by atoms with Crippen LogP contribution >= 0.6 is 0 Å². The van der Waals surface area contributed by atoms with Crippen LogP contribution in [0, 0.1) is 5.92 Å². The molecule has 98 valence electrons. The van der Waals surface area contributed by atoms with Gasteiger partial charge in [-0.05, 0) is 32.7 Å². The highest BCUT2D eigenvalue weighted by Crippen LogP contribution is 2.07. The van der Waals surface area contributed by atoms with Gasteiger partial charge in [0.1, 0.15) is 0 Å². The molecule has 2 heteroatoms. The van der Waals surface area contributed by atoms with E-state index in [1.807, 2.05) is 0 Å². The highest BCUT2D eigenvalue weighted by atomic mass is 15.2. The first-order valence-corrected chi connectivity index (χ1v) is 7.02. The smallest absolute Gasteiger partial charge is 0.0192 e. The Morgan fingerprint density at radius 2 is 1.62 bits per heavy atom. The standard InChI is InChI=1S/C14H32N2/c1-7-12(4)11-16(9-3)14(6)10-15-13(5)8-2/h12-15H,7-11H2,1-6H3. The Kier molecular flexibility index (Phi) is 8.96. The number of nitrogens with one attached hydrogen (secondary N) is 1. The van der Waals surface area contributed by atoms with Crippen molar-refractivity contribution in [2.24, 2.45) is 5.92 Å². The van der Waals surface area contributed by atoms with E-state index in [4.69, 9.17) is 0 Å². The van der Waals surface area contributed by atoms with Gasteiger partial charge in [-0.25, -0.2) is 0 Å². The van der Waals surface area contributed by atoms with Crippen molar-refractivity contribution in [1.82, 2.24) is 10.2 Å². The van der Waals surface area contributed by atoms with E-state index in [1.54, 1.807) is 0 Å². The second-order valence-corrected chi connectivity index (χ2v) is 5.17. The zero-order valence-corrected chi connectivity index (χ0v) is 12.2. The molecule has 0 heterocycles. The summed E-state index contributed by atoms with van der Waals surface area (Å²) in [5, 5.41) is 3.60. The number of hydrogen-bond acceptors (Lipinski definition) is 2. The van der Waals surface area contributed by atoms with Crippen molar-refractivity contribution < 1.29 is 0 Å². The predicted octanol–water partition coefficient (Wildman–Crippen LogP) is 3.13. The first-order chi connectivity index (χ1) is 7.54. The Balaban J connectivity index is 3.95. The monoisotopic (exact) mass is 228 g/mol. The molecule has 0 bridgehead atoms. The molecule has 0 aromatic rings. The van der Waals surface area contributed by atoms with E-state index in [0.717, 1.165) is 19.0 Å². The fourth-order valence-electron chi connectivity index (χ4n) is 1.80. The second kappa shape index (κ2) is 9.00. The van der Waals surface area contributed by atoms with Gasteiger partial charge in [-0.3, -0.25) is 4.90 Å². The van der Waals surface area contributed by atoms with Crippen LogP contribution in [0.15, 0.2) is 0 Å². The molecule has 0 aromatic heterocycles. The third-order valence-corrected chi connectivity index (χ3v) is 3.65. The Labute approximate surface area is 103 Å². The first-order valence-electron chi connectivity index (χ1n) is 7.02. The van der Waals surface area contributed by atoms with Crippen LogP contribution in [-0.2, 0) is 0 Å². The summed E-state index contributed by atoms with van der Waals surface area (Å²) < 4.78 is 0. The number of nitrogens with zero attached hydrogens (tertiary/aromatic N) is 1. The Morgan fingerprint density at radius 3 is 2.06 bits per heavy atom. The average molecular weight is 228 g/mol. The molecule has 0 aliphatic heterocycles. The summed E-state index contributed by atoms with van der Waals surface area (Å²) in [6.45, 7) is 17.2. The summed E-state index contributed by atoms with van der Waals surface area (Å²) in [4.78, 5) is 2.59. The lowest BCUT2D eigenvalue weighted by atomic mass is 10.1. The zero-order chi connectivity index (χ0) is 12.6. The van der Waals surface area contributed by atoms with Gasteiger partial charge in [0.25, 0.3) is 0 Å². The van der Waals surface area contributed by atoms with E-state index in [2.05, 4.69) is 51.8 Å². The molecule has 0 aliphatic carbocycles. The van der Waals surface area contributed by atoms with E-state index in [1.165, 1.54) is 19.4 Å². The Hall–Kier alpha value is -0.0800. The molecule has 0 spiro atoms. The summed E-state index contributed by atoms with van der Waals surface area (Å²) in [6.07, 6.45) is 2.49. The van der Waals surface area contributed by atoms with Crippen molar-refractivity contribution in [3.05, 3.63) is 0 Å². The quantitative estimate of drug-likeness (QED) is 0.652. The predicted molar refractivity (Wildman–Crippen MR) is 73.9 cm³/mol. The fourth-order valence-corrected chi connectivity index (χ4v) is 1.80. The van der Waals surface area contributed by atoms with Gasteiger partial charge in [0.05, 0.1) is 0 Å². The summed E-state index contributed by atoms with van der Waals surface area (Å²) in [6, 6.07) is 1.29. The van der Waals surface area contributed by atoms with Crippen LogP contribution in [0.4, 0.5) is 0 Å². The van der Waals surface area contributed by atoms with Gasteiger partial charge in [-0.1, -0.05) is 34.1 Å². The SMILES string of the molecule is CCC(C)CN(CC)C(C)CNC(C)CC. The highest BCUT2D eigenvalue weighted by Gasteiger charge is 2.14. The van der Waals surface area contributed by atoms with Crippen LogP contribution in [0.1, 0.15) is 54.4 Å². The summed E-state index contributed by atoms with van der Waals surface area (Å²) >= 11 is 0. The third kappa shape index (κ3) is 6.49. The molecule has 0 saturated heterocycles. The molecule has 1 N–H and O–H groups in total. The van der Waals surface area contributed by atoms with Gasteiger partial charge in [0.2, 0.25) is 0 Å². The largest absolute Gasteiger partial charge is 0.313 e. The van der Waals surface area contributed by atoms with Gasteiger partial charge in [0.15, 0.2) is 0 Å². The van der Waals surface area contributed by atoms with Gasteiger partial charge in [0, 0.05) is 25.2 Å².